The third-order valence-corrected chi connectivity index (χ3v) is 7.25. The first-order valence-corrected chi connectivity index (χ1v) is 12.7. The highest BCUT2D eigenvalue weighted by Crippen LogP contribution is 2.25. The summed E-state index contributed by atoms with van der Waals surface area (Å²) in [6.45, 7) is 1.64. The monoisotopic (exact) mass is 494 g/mol. The molecule has 8 heteroatoms. The lowest BCUT2D eigenvalue weighted by Crippen LogP contribution is -2.51. The molecule has 1 aliphatic carbocycles. The number of rotatable bonds is 9. The van der Waals surface area contributed by atoms with E-state index in [2.05, 4.69) is 5.32 Å². The van der Waals surface area contributed by atoms with Crippen LogP contribution in [0.15, 0.2) is 42.5 Å². The highest BCUT2D eigenvalue weighted by molar-refractivity contribution is 7.99. The number of hydrogen-bond donors (Lipinski definition) is 1. The van der Waals surface area contributed by atoms with Crippen molar-refractivity contribution in [1.82, 2.24) is 10.2 Å². The summed E-state index contributed by atoms with van der Waals surface area (Å²) in [5.41, 5.74) is 0.672. The Morgan fingerprint density at radius 3 is 2.48 bits per heavy atom. The van der Waals surface area contributed by atoms with Gasteiger partial charge < -0.3 is 10.2 Å². The summed E-state index contributed by atoms with van der Waals surface area (Å²) >= 11 is 7.28. The first kappa shape index (κ1) is 25.5. The zero-order chi connectivity index (χ0) is 23.8. The molecule has 0 heterocycles. The van der Waals surface area contributed by atoms with Gasteiger partial charge >= 0.3 is 0 Å². The second kappa shape index (κ2) is 12.4. The summed E-state index contributed by atoms with van der Waals surface area (Å²) in [5, 5.41) is 3.35. The lowest BCUT2D eigenvalue weighted by Gasteiger charge is -2.31. The number of carbonyl (C=O) groups excluding carboxylic acids is 2. The van der Waals surface area contributed by atoms with Crippen LogP contribution in [0.5, 0.6) is 0 Å². The Morgan fingerprint density at radius 1 is 1.09 bits per heavy atom. The minimum absolute atomic E-state index is 0.0141. The van der Waals surface area contributed by atoms with Gasteiger partial charge in [-0.2, -0.15) is 0 Å². The SMILES string of the molecule is CC(C(=O)NC1CCCCC1)N(Cc1ccccc1F)C(=O)CSCc1c(F)cccc1Cl. The fourth-order valence-electron chi connectivity index (χ4n) is 3.96. The third-order valence-electron chi connectivity index (χ3n) is 5.95. The van der Waals surface area contributed by atoms with Crippen molar-refractivity contribution in [2.75, 3.05) is 5.75 Å². The van der Waals surface area contributed by atoms with Gasteiger partial charge in [-0.1, -0.05) is 55.1 Å². The van der Waals surface area contributed by atoms with E-state index < -0.39 is 17.7 Å². The van der Waals surface area contributed by atoms with Crippen molar-refractivity contribution in [3.05, 3.63) is 70.2 Å². The van der Waals surface area contributed by atoms with E-state index in [1.165, 1.54) is 41.3 Å². The van der Waals surface area contributed by atoms with E-state index in [-0.39, 0.29) is 35.9 Å². The summed E-state index contributed by atoms with van der Waals surface area (Å²) in [7, 11) is 0. The Balaban J connectivity index is 1.69. The maximum atomic E-state index is 14.3. The molecule has 2 aromatic rings. The predicted molar refractivity (Wildman–Crippen MR) is 129 cm³/mol. The number of nitrogens with zero attached hydrogens (tertiary/aromatic N) is 1. The number of amides is 2. The molecule has 1 atom stereocenters. The molecule has 1 saturated carbocycles. The number of thioether (sulfide) groups is 1. The summed E-state index contributed by atoms with van der Waals surface area (Å²) in [5.74, 6) is -1.18. The lowest BCUT2D eigenvalue weighted by atomic mass is 9.95. The molecule has 2 aromatic carbocycles. The molecule has 178 valence electrons. The second-order valence-corrected chi connectivity index (χ2v) is 9.72. The molecule has 1 fully saturated rings. The van der Waals surface area contributed by atoms with E-state index in [9.17, 15) is 18.4 Å². The largest absolute Gasteiger partial charge is 0.352 e. The third kappa shape index (κ3) is 7.18. The standard InChI is InChI=1S/C25H29ClF2N2O2S/c1-17(25(32)29-19-9-3-2-4-10-19)30(14-18-8-5-6-12-22(18)27)24(31)16-33-15-20-21(26)11-7-13-23(20)28/h5-8,11-13,17,19H,2-4,9-10,14-16H2,1H3,(H,29,32). The zero-order valence-corrected chi connectivity index (χ0v) is 20.2. The number of benzene rings is 2. The van der Waals surface area contributed by atoms with Crippen LogP contribution < -0.4 is 5.32 Å². The predicted octanol–water partition coefficient (Wildman–Crippen LogP) is 5.72. The van der Waals surface area contributed by atoms with Crippen molar-refractivity contribution >= 4 is 35.2 Å². The van der Waals surface area contributed by atoms with Gasteiger partial charge in [0.2, 0.25) is 11.8 Å². The van der Waals surface area contributed by atoms with E-state index in [1.54, 1.807) is 31.2 Å². The van der Waals surface area contributed by atoms with E-state index in [4.69, 9.17) is 11.6 Å². The van der Waals surface area contributed by atoms with Crippen LogP contribution in [-0.4, -0.2) is 34.6 Å². The molecule has 33 heavy (non-hydrogen) atoms. The normalized spacial score (nSPS) is 15.2. The number of nitrogens with one attached hydrogen (secondary N) is 1. The molecular formula is C25H29ClF2N2O2S. The fourth-order valence-corrected chi connectivity index (χ4v) is 5.20. The minimum atomic E-state index is -0.767. The van der Waals surface area contributed by atoms with Gasteiger partial charge in [0, 0.05) is 34.5 Å². The first-order chi connectivity index (χ1) is 15.9. The van der Waals surface area contributed by atoms with E-state index >= 15 is 0 Å². The van der Waals surface area contributed by atoms with Crippen LogP contribution in [-0.2, 0) is 21.9 Å². The van der Waals surface area contributed by atoms with Crippen LogP contribution in [0.2, 0.25) is 5.02 Å². The molecule has 1 N–H and O–H groups in total. The van der Waals surface area contributed by atoms with Crippen LogP contribution in [0.4, 0.5) is 8.78 Å². The quantitative estimate of drug-likeness (QED) is 0.485. The summed E-state index contributed by atoms with van der Waals surface area (Å²) in [6.07, 6.45) is 5.18. The van der Waals surface area contributed by atoms with Gasteiger partial charge in [-0.15, -0.1) is 11.8 Å². The van der Waals surface area contributed by atoms with Gasteiger partial charge in [0.25, 0.3) is 0 Å². The molecule has 0 spiro atoms. The highest BCUT2D eigenvalue weighted by Gasteiger charge is 2.28. The van der Waals surface area contributed by atoms with Crippen molar-refractivity contribution in [3.63, 3.8) is 0 Å². The molecule has 0 saturated heterocycles. The van der Waals surface area contributed by atoms with Gasteiger partial charge in [0.1, 0.15) is 17.7 Å². The lowest BCUT2D eigenvalue weighted by molar-refractivity contribution is -0.139. The van der Waals surface area contributed by atoms with Crippen molar-refractivity contribution < 1.29 is 18.4 Å². The Bertz CT molecular complexity index is 949. The van der Waals surface area contributed by atoms with Crippen LogP contribution in [0.3, 0.4) is 0 Å². The number of carbonyl (C=O) groups is 2. The number of hydrogen-bond acceptors (Lipinski definition) is 3. The maximum absolute atomic E-state index is 14.3. The molecule has 0 radical (unpaired) electrons. The number of halogens is 3. The van der Waals surface area contributed by atoms with Gasteiger partial charge in [0.05, 0.1) is 5.75 Å². The second-order valence-electron chi connectivity index (χ2n) is 8.33. The fraction of sp³-hybridized carbons (Fsp3) is 0.440. The van der Waals surface area contributed by atoms with Crippen molar-refractivity contribution in [2.24, 2.45) is 0 Å². The van der Waals surface area contributed by atoms with Crippen molar-refractivity contribution in [2.45, 2.75) is 63.4 Å². The average molecular weight is 495 g/mol. The van der Waals surface area contributed by atoms with Gasteiger partial charge in [0.15, 0.2) is 0 Å². The molecule has 0 aliphatic heterocycles. The zero-order valence-electron chi connectivity index (χ0n) is 18.7. The van der Waals surface area contributed by atoms with E-state index in [0.717, 1.165) is 25.7 Å². The van der Waals surface area contributed by atoms with Crippen LogP contribution >= 0.6 is 23.4 Å². The topological polar surface area (TPSA) is 49.4 Å². The Hall–Kier alpha value is -2.12. The molecule has 0 bridgehead atoms. The van der Waals surface area contributed by atoms with E-state index in [0.29, 0.717) is 16.1 Å². The van der Waals surface area contributed by atoms with Crippen LogP contribution in [0.1, 0.15) is 50.2 Å². The maximum Gasteiger partial charge on any atom is 0.242 e. The van der Waals surface area contributed by atoms with E-state index in [1.807, 2.05) is 0 Å². The van der Waals surface area contributed by atoms with Crippen LogP contribution in [0.25, 0.3) is 0 Å². The Morgan fingerprint density at radius 2 is 1.79 bits per heavy atom. The van der Waals surface area contributed by atoms with Gasteiger partial charge in [-0.25, -0.2) is 8.78 Å². The molecule has 4 nitrogen and oxygen atoms in total. The Kier molecular flexibility index (Phi) is 9.56. The average Bonchev–Trinajstić information content (AvgIpc) is 2.80. The van der Waals surface area contributed by atoms with Gasteiger partial charge in [-0.3, -0.25) is 9.59 Å². The van der Waals surface area contributed by atoms with Crippen molar-refractivity contribution in [1.29, 1.82) is 0 Å². The summed E-state index contributed by atoms with van der Waals surface area (Å²) in [6, 6.07) is 10.0. The Labute approximate surface area is 203 Å². The smallest absolute Gasteiger partial charge is 0.242 e. The summed E-state index contributed by atoms with van der Waals surface area (Å²) < 4.78 is 28.3. The molecule has 0 aromatic heterocycles. The molecular weight excluding hydrogens is 466 g/mol. The van der Waals surface area contributed by atoms with Gasteiger partial charge in [-0.05, 0) is 38.0 Å². The minimum Gasteiger partial charge on any atom is -0.352 e. The first-order valence-electron chi connectivity index (χ1n) is 11.2. The molecule has 1 aliphatic rings. The van der Waals surface area contributed by atoms with Crippen molar-refractivity contribution in [3.8, 4) is 0 Å². The molecule has 1 unspecified atom stereocenters. The molecule has 2 amide bonds. The van der Waals surface area contributed by atoms with Crippen LogP contribution in [0, 0.1) is 11.6 Å². The summed E-state index contributed by atoms with van der Waals surface area (Å²) in [4.78, 5) is 27.5. The highest BCUT2D eigenvalue weighted by atomic mass is 35.5. The molecule has 3 rings (SSSR count).